The number of benzene rings is 2. The zero-order valence-corrected chi connectivity index (χ0v) is 15.8. The monoisotopic (exact) mass is 409 g/mol. The van der Waals surface area contributed by atoms with Crippen LogP contribution in [0.15, 0.2) is 30.3 Å². The molecule has 4 nitrogen and oxygen atoms in total. The number of rotatable bonds is 2. The molecule has 0 aromatic heterocycles. The summed E-state index contributed by atoms with van der Waals surface area (Å²) in [5, 5.41) is 4.05. The van der Waals surface area contributed by atoms with Crippen molar-refractivity contribution in [3.05, 3.63) is 67.7 Å². The average Bonchev–Trinajstić information content (AvgIpc) is 2.88. The second-order valence-corrected chi connectivity index (χ2v) is 7.66. The lowest BCUT2D eigenvalue weighted by molar-refractivity contribution is -0.0242. The molecular formula is C19H14Cl3NO3. The molecular weight excluding hydrogens is 397 g/mol. The molecule has 0 amide bonds. The first kappa shape index (κ1) is 17.8. The van der Waals surface area contributed by atoms with Crippen molar-refractivity contribution in [2.75, 3.05) is 13.1 Å². The maximum absolute atomic E-state index is 13.1. The number of carbonyl (C=O) groups excluding carboxylic acids is 2. The predicted octanol–water partition coefficient (Wildman–Crippen LogP) is 4.63. The molecule has 0 bridgehead atoms. The van der Waals surface area contributed by atoms with Crippen molar-refractivity contribution >= 4 is 46.6 Å². The Morgan fingerprint density at radius 3 is 2.54 bits per heavy atom. The minimum absolute atomic E-state index is 0.149. The van der Waals surface area contributed by atoms with Gasteiger partial charge in [-0.25, -0.2) is 4.79 Å². The number of hydrogen-bond donors (Lipinski definition) is 1. The van der Waals surface area contributed by atoms with Crippen molar-refractivity contribution in [2.24, 2.45) is 0 Å². The normalized spacial score (nSPS) is 17.9. The van der Waals surface area contributed by atoms with E-state index in [4.69, 9.17) is 39.5 Å². The molecule has 2 aromatic rings. The van der Waals surface area contributed by atoms with Crippen LogP contribution in [0.4, 0.5) is 0 Å². The first-order chi connectivity index (χ1) is 12.4. The lowest BCUT2D eigenvalue weighted by Crippen LogP contribution is -2.40. The molecule has 0 saturated carbocycles. The molecule has 2 aliphatic heterocycles. The van der Waals surface area contributed by atoms with Crippen LogP contribution in [0.3, 0.4) is 0 Å². The first-order valence-corrected chi connectivity index (χ1v) is 9.33. The van der Waals surface area contributed by atoms with Gasteiger partial charge in [0.15, 0.2) is 5.78 Å². The summed E-state index contributed by atoms with van der Waals surface area (Å²) >= 11 is 18.5. The van der Waals surface area contributed by atoms with Gasteiger partial charge < -0.3 is 10.1 Å². The third-order valence-electron chi connectivity index (χ3n) is 4.94. The van der Waals surface area contributed by atoms with E-state index in [1.54, 1.807) is 24.3 Å². The number of ether oxygens (including phenoxy) is 1. The maximum atomic E-state index is 13.1. The third kappa shape index (κ3) is 2.72. The molecule has 26 heavy (non-hydrogen) atoms. The quantitative estimate of drug-likeness (QED) is 0.579. The van der Waals surface area contributed by atoms with Gasteiger partial charge in [0, 0.05) is 34.6 Å². The van der Waals surface area contributed by atoms with Crippen molar-refractivity contribution in [3.8, 4) is 0 Å². The molecule has 2 heterocycles. The third-order valence-corrected chi connectivity index (χ3v) is 5.98. The predicted molar refractivity (Wildman–Crippen MR) is 101 cm³/mol. The highest BCUT2D eigenvalue weighted by Crippen LogP contribution is 2.45. The van der Waals surface area contributed by atoms with Crippen molar-refractivity contribution in [3.63, 3.8) is 0 Å². The molecule has 4 rings (SSSR count). The fourth-order valence-electron chi connectivity index (χ4n) is 3.67. The molecule has 0 radical (unpaired) electrons. The van der Waals surface area contributed by atoms with Crippen LogP contribution in [0.1, 0.15) is 44.7 Å². The van der Waals surface area contributed by atoms with Crippen LogP contribution in [-0.4, -0.2) is 24.8 Å². The lowest BCUT2D eigenvalue weighted by Gasteiger charge is -2.33. The number of ketones is 1. The summed E-state index contributed by atoms with van der Waals surface area (Å²) in [7, 11) is 0. The number of esters is 1. The van der Waals surface area contributed by atoms with Crippen LogP contribution in [0.25, 0.3) is 0 Å². The Morgan fingerprint density at radius 1 is 1.08 bits per heavy atom. The number of halogens is 3. The largest absolute Gasteiger partial charge is 0.450 e. The van der Waals surface area contributed by atoms with Gasteiger partial charge in [0.2, 0.25) is 0 Å². The fraction of sp³-hybridized carbons (Fsp3) is 0.263. The van der Waals surface area contributed by atoms with Gasteiger partial charge in [0.05, 0.1) is 15.6 Å². The van der Waals surface area contributed by atoms with E-state index in [9.17, 15) is 9.59 Å². The number of fused-ring (bicyclic) bond motifs is 2. The Bertz CT molecular complexity index is 936. The van der Waals surface area contributed by atoms with Crippen LogP contribution in [0.2, 0.25) is 15.1 Å². The van der Waals surface area contributed by atoms with Crippen LogP contribution in [0, 0.1) is 0 Å². The van der Waals surface area contributed by atoms with E-state index in [2.05, 4.69) is 5.32 Å². The van der Waals surface area contributed by atoms with E-state index in [-0.39, 0.29) is 26.7 Å². The van der Waals surface area contributed by atoms with Gasteiger partial charge in [-0.3, -0.25) is 4.79 Å². The standard InChI is InChI=1S/C19H14Cl3NO3/c20-10-8-12(17(24)11-2-1-3-14(21)16(11)22)15-13(9-10)19(26-18(15)25)4-6-23-7-5-19/h1-3,8-9,23H,4-7H2. The van der Waals surface area contributed by atoms with E-state index < -0.39 is 17.4 Å². The summed E-state index contributed by atoms with van der Waals surface area (Å²) in [4.78, 5) is 25.8. The van der Waals surface area contributed by atoms with Gasteiger partial charge in [0.25, 0.3) is 0 Å². The molecule has 2 aliphatic rings. The van der Waals surface area contributed by atoms with Crippen molar-refractivity contribution < 1.29 is 14.3 Å². The lowest BCUT2D eigenvalue weighted by atomic mass is 9.82. The maximum Gasteiger partial charge on any atom is 0.340 e. The summed E-state index contributed by atoms with van der Waals surface area (Å²) in [5.41, 5.74) is 0.644. The van der Waals surface area contributed by atoms with Crippen molar-refractivity contribution in [2.45, 2.75) is 18.4 Å². The van der Waals surface area contributed by atoms with Crippen LogP contribution >= 0.6 is 34.8 Å². The highest BCUT2D eigenvalue weighted by molar-refractivity contribution is 6.44. The van der Waals surface area contributed by atoms with Crippen LogP contribution in [-0.2, 0) is 10.3 Å². The molecule has 2 aromatic carbocycles. The van der Waals surface area contributed by atoms with E-state index in [1.165, 1.54) is 6.07 Å². The molecule has 1 spiro atoms. The van der Waals surface area contributed by atoms with Crippen molar-refractivity contribution in [1.29, 1.82) is 0 Å². The summed E-state index contributed by atoms with van der Waals surface area (Å²) in [5.74, 6) is -0.903. The Labute approximate surface area is 165 Å². The van der Waals surface area contributed by atoms with E-state index in [0.717, 1.165) is 13.1 Å². The van der Waals surface area contributed by atoms with Gasteiger partial charge in [-0.2, -0.15) is 0 Å². The molecule has 1 fully saturated rings. The first-order valence-electron chi connectivity index (χ1n) is 8.20. The Kier molecular flexibility index (Phi) is 4.48. The highest BCUT2D eigenvalue weighted by atomic mass is 35.5. The minimum Gasteiger partial charge on any atom is -0.450 e. The van der Waals surface area contributed by atoms with Gasteiger partial charge in [-0.1, -0.05) is 40.9 Å². The van der Waals surface area contributed by atoms with Crippen LogP contribution < -0.4 is 5.32 Å². The van der Waals surface area contributed by atoms with Gasteiger partial charge in [-0.15, -0.1) is 0 Å². The van der Waals surface area contributed by atoms with Gasteiger partial charge in [-0.05, 0) is 37.4 Å². The number of hydrogen-bond acceptors (Lipinski definition) is 4. The summed E-state index contributed by atoms with van der Waals surface area (Å²) in [6.45, 7) is 1.45. The summed E-state index contributed by atoms with van der Waals surface area (Å²) < 4.78 is 5.75. The zero-order valence-electron chi connectivity index (χ0n) is 13.6. The molecule has 0 atom stereocenters. The van der Waals surface area contributed by atoms with E-state index in [0.29, 0.717) is 23.4 Å². The van der Waals surface area contributed by atoms with Crippen LogP contribution in [0.5, 0.6) is 0 Å². The molecule has 0 aliphatic carbocycles. The minimum atomic E-state index is -0.726. The topological polar surface area (TPSA) is 55.4 Å². The number of piperidine rings is 1. The smallest absolute Gasteiger partial charge is 0.340 e. The van der Waals surface area contributed by atoms with Gasteiger partial charge >= 0.3 is 5.97 Å². The molecule has 1 saturated heterocycles. The second kappa shape index (κ2) is 6.54. The molecule has 0 unspecified atom stereocenters. The average molecular weight is 411 g/mol. The SMILES string of the molecule is O=C(c1cccc(Cl)c1Cl)c1cc(Cl)cc2c1C(=O)OC21CCNCC1. The zero-order chi connectivity index (χ0) is 18.5. The highest BCUT2D eigenvalue weighted by Gasteiger charge is 2.48. The summed E-state index contributed by atoms with van der Waals surface area (Å²) in [6, 6.07) is 8.02. The van der Waals surface area contributed by atoms with E-state index in [1.807, 2.05) is 0 Å². The van der Waals surface area contributed by atoms with E-state index >= 15 is 0 Å². The molecule has 7 heteroatoms. The van der Waals surface area contributed by atoms with Gasteiger partial charge in [0.1, 0.15) is 5.60 Å². The second-order valence-electron chi connectivity index (χ2n) is 6.44. The number of nitrogens with one attached hydrogen (secondary N) is 1. The fourth-order valence-corrected chi connectivity index (χ4v) is 4.28. The Morgan fingerprint density at radius 2 is 1.81 bits per heavy atom. The molecule has 1 N–H and O–H groups in total. The Balaban J connectivity index is 1.89. The molecule has 134 valence electrons. The Hall–Kier alpha value is -1.59. The number of carbonyl (C=O) groups is 2. The summed E-state index contributed by atoms with van der Waals surface area (Å²) in [6.07, 6.45) is 1.27. The van der Waals surface area contributed by atoms with Crippen molar-refractivity contribution in [1.82, 2.24) is 5.32 Å².